The van der Waals surface area contributed by atoms with Crippen molar-refractivity contribution in [3.8, 4) is 0 Å². The second kappa shape index (κ2) is 5.86. The molecule has 3 N–H and O–H groups in total. The summed E-state index contributed by atoms with van der Waals surface area (Å²) in [6.07, 6.45) is 0.700. The number of aromatic carboxylic acids is 1. The van der Waals surface area contributed by atoms with Crippen molar-refractivity contribution in [1.29, 1.82) is 0 Å². The van der Waals surface area contributed by atoms with Gasteiger partial charge in [0.05, 0.1) is 5.56 Å². The molecule has 0 spiro atoms. The van der Waals surface area contributed by atoms with E-state index in [1.54, 1.807) is 6.07 Å². The van der Waals surface area contributed by atoms with Crippen LogP contribution in [0.3, 0.4) is 0 Å². The Morgan fingerprint density at radius 2 is 2.14 bits per heavy atom. The van der Waals surface area contributed by atoms with Crippen LogP contribution in [0.2, 0.25) is 0 Å². The summed E-state index contributed by atoms with van der Waals surface area (Å²) in [5.41, 5.74) is 0.793. The van der Waals surface area contributed by atoms with Crippen molar-refractivity contribution >= 4 is 37.7 Å². The van der Waals surface area contributed by atoms with E-state index in [2.05, 4.69) is 30.8 Å². The van der Waals surface area contributed by atoms with E-state index in [0.29, 0.717) is 6.42 Å². The minimum Gasteiger partial charge on any atom is -0.478 e. The van der Waals surface area contributed by atoms with Gasteiger partial charge >= 0.3 is 5.97 Å². The molecule has 0 atom stereocenters. The Morgan fingerprint density at radius 3 is 2.67 bits per heavy atom. The number of sulfonamides is 1. The van der Waals surface area contributed by atoms with E-state index in [4.69, 9.17) is 5.11 Å². The summed E-state index contributed by atoms with van der Waals surface area (Å²) in [6.45, 7) is 1.91. The zero-order valence-corrected chi connectivity index (χ0v) is 13.3. The molecule has 0 saturated carbocycles. The number of anilines is 1. The predicted molar refractivity (Wildman–Crippen MR) is 79.9 cm³/mol. The highest BCUT2D eigenvalue weighted by Gasteiger charge is 2.20. The minimum atomic E-state index is -3.85. The van der Waals surface area contributed by atoms with Crippen LogP contribution in [-0.4, -0.2) is 29.7 Å². The predicted octanol–water partition coefficient (Wildman–Crippen LogP) is 2.23. The van der Waals surface area contributed by atoms with Crippen molar-refractivity contribution in [2.75, 3.05) is 4.72 Å². The molecule has 0 unspecified atom stereocenters. The van der Waals surface area contributed by atoms with Crippen LogP contribution in [0, 0.1) is 0 Å². The van der Waals surface area contributed by atoms with E-state index >= 15 is 0 Å². The average molecular weight is 374 g/mol. The van der Waals surface area contributed by atoms with E-state index in [1.165, 1.54) is 18.2 Å². The lowest BCUT2D eigenvalue weighted by molar-refractivity contribution is 0.0696. The quantitative estimate of drug-likeness (QED) is 0.743. The van der Waals surface area contributed by atoms with E-state index in [1.807, 2.05) is 6.92 Å². The van der Waals surface area contributed by atoms with Gasteiger partial charge in [0.15, 0.2) is 5.82 Å². The van der Waals surface area contributed by atoms with Crippen LogP contribution in [0.4, 0.5) is 5.82 Å². The highest BCUT2D eigenvalue weighted by Crippen LogP contribution is 2.25. The average Bonchev–Trinajstić information content (AvgIpc) is 2.85. The maximum atomic E-state index is 12.3. The smallest absolute Gasteiger partial charge is 0.335 e. The van der Waals surface area contributed by atoms with Gasteiger partial charge in [-0.15, -0.1) is 0 Å². The number of halogens is 1. The topological polar surface area (TPSA) is 112 Å². The second-order valence-corrected chi connectivity index (χ2v) is 6.69. The van der Waals surface area contributed by atoms with Gasteiger partial charge in [-0.1, -0.05) is 6.92 Å². The molecule has 0 bridgehead atoms. The van der Waals surface area contributed by atoms with Gasteiger partial charge in [0.2, 0.25) is 0 Å². The molecule has 1 aromatic carbocycles. The van der Waals surface area contributed by atoms with Crippen molar-refractivity contribution < 1.29 is 18.3 Å². The molecule has 0 aliphatic rings. The highest BCUT2D eigenvalue weighted by molar-refractivity contribution is 9.10. The number of aryl methyl sites for hydroxylation is 1. The molecule has 2 aromatic rings. The number of hydrogen-bond donors (Lipinski definition) is 3. The van der Waals surface area contributed by atoms with Gasteiger partial charge in [-0.2, -0.15) is 5.10 Å². The molecular weight excluding hydrogens is 362 g/mol. The largest absolute Gasteiger partial charge is 0.478 e. The number of rotatable bonds is 5. The Morgan fingerprint density at radius 1 is 1.43 bits per heavy atom. The standard InChI is InChI=1S/C12H12BrN3O4S/c1-2-8-6-11(15-14-8)16-21(19,20)10-4-3-7(12(17)18)5-9(10)13/h3-6H,2H2,1H3,(H,17,18)(H2,14,15,16). The zero-order chi connectivity index (χ0) is 15.6. The van der Waals surface area contributed by atoms with E-state index < -0.39 is 16.0 Å². The van der Waals surface area contributed by atoms with E-state index in [0.717, 1.165) is 5.69 Å². The van der Waals surface area contributed by atoms with E-state index in [9.17, 15) is 13.2 Å². The van der Waals surface area contributed by atoms with Crippen LogP contribution >= 0.6 is 15.9 Å². The van der Waals surface area contributed by atoms with Crippen molar-refractivity contribution in [3.63, 3.8) is 0 Å². The fraction of sp³-hybridized carbons (Fsp3) is 0.167. The van der Waals surface area contributed by atoms with Gasteiger partial charge in [-0.05, 0) is 40.5 Å². The number of H-pyrrole nitrogens is 1. The highest BCUT2D eigenvalue weighted by atomic mass is 79.9. The van der Waals surface area contributed by atoms with Crippen molar-refractivity contribution in [1.82, 2.24) is 10.2 Å². The maximum absolute atomic E-state index is 12.3. The van der Waals surface area contributed by atoms with Crippen LogP contribution < -0.4 is 4.72 Å². The number of nitrogens with one attached hydrogen (secondary N) is 2. The SMILES string of the molecule is CCc1cc(NS(=O)(=O)c2ccc(C(=O)O)cc2Br)n[nH]1. The molecule has 0 aliphatic heterocycles. The molecule has 0 radical (unpaired) electrons. The van der Waals surface area contributed by atoms with Crippen molar-refractivity contribution in [2.24, 2.45) is 0 Å². The van der Waals surface area contributed by atoms with Crippen LogP contribution in [0.5, 0.6) is 0 Å². The third kappa shape index (κ3) is 3.42. The van der Waals surface area contributed by atoms with Gasteiger partial charge in [-0.25, -0.2) is 13.2 Å². The van der Waals surface area contributed by atoms with Crippen molar-refractivity contribution in [3.05, 3.63) is 40.0 Å². The minimum absolute atomic E-state index is 0.00568. The Labute approximate surface area is 129 Å². The molecular formula is C12H12BrN3O4S. The number of carbonyl (C=O) groups is 1. The van der Waals surface area contributed by atoms with Gasteiger partial charge in [-0.3, -0.25) is 9.82 Å². The molecule has 7 nitrogen and oxygen atoms in total. The Kier molecular flexibility index (Phi) is 4.33. The zero-order valence-electron chi connectivity index (χ0n) is 10.9. The summed E-state index contributed by atoms with van der Waals surface area (Å²) in [4.78, 5) is 10.8. The van der Waals surface area contributed by atoms with Crippen LogP contribution in [0.25, 0.3) is 0 Å². The molecule has 1 heterocycles. The third-order valence-corrected chi connectivity index (χ3v) is 5.05. The number of aromatic amines is 1. The van der Waals surface area contributed by atoms with Gasteiger partial charge < -0.3 is 5.11 Å². The summed E-state index contributed by atoms with van der Waals surface area (Å²) < 4.78 is 27.0. The number of benzene rings is 1. The number of hydrogen-bond acceptors (Lipinski definition) is 4. The first kappa shape index (κ1) is 15.5. The number of nitrogens with zero attached hydrogens (tertiary/aromatic N) is 1. The Hall–Kier alpha value is -1.87. The number of carboxylic acids is 1. The molecule has 2 rings (SSSR count). The Bertz CT molecular complexity index is 786. The summed E-state index contributed by atoms with van der Waals surface area (Å²) in [5, 5.41) is 15.4. The molecule has 21 heavy (non-hydrogen) atoms. The van der Waals surface area contributed by atoms with Crippen LogP contribution in [-0.2, 0) is 16.4 Å². The van der Waals surface area contributed by atoms with E-state index in [-0.39, 0.29) is 20.7 Å². The molecule has 0 amide bonds. The monoisotopic (exact) mass is 373 g/mol. The maximum Gasteiger partial charge on any atom is 0.335 e. The normalized spacial score (nSPS) is 11.3. The number of aromatic nitrogens is 2. The lowest BCUT2D eigenvalue weighted by Gasteiger charge is -2.08. The third-order valence-electron chi connectivity index (χ3n) is 2.72. The fourth-order valence-electron chi connectivity index (χ4n) is 1.64. The van der Waals surface area contributed by atoms with Crippen LogP contribution in [0.15, 0.2) is 33.6 Å². The molecule has 112 valence electrons. The molecule has 0 fully saturated rings. The summed E-state index contributed by atoms with van der Waals surface area (Å²) in [7, 11) is -3.85. The van der Waals surface area contributed by atoms with Crippen LogP contribution in [0.1, 0.15) is 23.0 Å². The molecule has 0 aliphatic carbocycles. The van der Waals surface area contributed by atoms with Gasteiger partial charge in [0, 0.05) is 16.2 Å². The summed E-state index contributed by atoms with van der Waals surface area (Å²) in [5.74, 6) is -0.950. The fourth-order valence-corrected chi connectivity index (χ4v) is 3.71. The lowest BCUT2D eigenvalue weighted by atomic mass is 10.2. The first-order valence-corrected chi connectivity index (χ1v) is 8.21. The van der Waals surface area contributed by atoms with Crippen molar-refractivity contribution in [2.45, 2.75) is 18.2 Å². The molecule has 1 aromatic heterocycles. The molecule has 0 saturated heterocycles. The first-order chi connectivity index (χ1) is 9.83. The first-order valence-electron chi connectivity index (χ1n) is 5.93. The Balaban J connectivity index is 2.33. The van der Waals surface area contributed by atoms with Gasteiger partial charge in [0.25, 0.3) is 10.0 Å². The lowest BCUT2D eigenvalue weighted by Crippen LogP contribution is -2.14. The molecule has 9 heteroatoms. The summed E-state index contributed by atoms with van der Waals surface area (Å²) in [6, 6.07) is 5.28. The van der Waals surface area contributed by atoms with Gasteiger partial charge in [0.1, 0.15) is 4.90 Å². The second-order valence-electron chi connectivity index (χ2n) is 4.19. The number of carboxylic acid groups (broad SMARTS) is 1. The summed E-state index contributed by atoms with van der Waals surface area (Å²) >= 11 is 3.07.